The maximum Gasteiger partial charge on any atom is 0.120 e. The lowest BCUT2D eigenvalue weighted by Gasteiger charge is -2.34. The summed E-state index contributed by atoms with van der Waals surface area (Å²) in [6, 6.07) is 0. The van der Waals surface area contributed by atoms with Crippen LogP contribution < -0.4 is 0 Å². The number of rotatable bonds is 2. The molecule has 2 aliphatic rings. The molecular formula is C11H16O. The van der Waals surface area contributed by atoms with E-state index < -0.39 is 0 Å². The largest absolute Gasteiger partial charge is 0.303 e. The van der Waals surface area contributed by atoms with Crippen LogP contribution in [0.3, 0.4) is 0 Å². The second-order valence-electron chi connectivity index (χ2n) is 4.52. The van der Waals surface area contributed by atoms with Crippen molar-refractivity contribution in [3.63, 3.8) is 0 Å². The smallest absolute Gasteiger partial charge is 0.120 e. The fourth-order valence-electron chi connectivity index (χ4n) is 3.08. The maximum atomic E-state index is 10.5. The summed E-state index contributed by atoms with van der Waals surface area (Å²) in [5.74, 6) is 1.49. The highest BCUT2D eigenvalue weighted by Crippen LogP contribution is 2.59. The summed E-state index contributed by atoms with van der Waals surface area (Å²) in [7, 11) is 0. The second kappa shape index (κ2) is 2.45. The molecule has 0 amide bonds. The molecule has 2 aliphatic carbocycles. The molecule has 0 spiro atoms. The van der Waals surface area contributed by atoms with Crippen LogP contribution in [0.2, 0.25) is 0 Å². The molecule has 0 N–H and O–H groups in total. The Morgan fingerprint density at radius 3 is 2.92 bits per heavy atom. The first-order valence-electron chi connectivity index (χ1n) is 4.81. The lowest BCUT2D eigenvalue weighted by molar-refractivity contribution is -0.109. The Kier molecular flexibility index (Phi) is 1.64. The van der Waals surface area contributed by atoms with Gasteiger partial charge in [0.25, 0.3) is 0 Å². The third-order valence-corrected chi connectivity index (χ3v) is 4.07. The number of fused-ring (bicyclic) bond motifs is 2. The lowest BCUT2D eigenvalue weighted by Crippen LogP contribution is -2.26. The highest BCUT2D eigenvalue weighted by Gasteiger charge is 2.50. The van der Waals surface area contributed by atoms with Crippen molar-refractivity contribution in [1.82, 2.24) is 0 Å². The summed E-state index contributed by atoms with van der Waals surface area (Å²) >= 11 is 0. The van der Waals surface area contributed by atoms with Crippen molar-refractivity contribution >= 4 is 6.29 Å². The van der Waals surface area contributed by atoms with E-state index in [2.05, 4.69) is 13.5 Å². The molecule has 2 bridgehead atoms. The summed E-state index contributed by atoms with van der Waals surface area (Å²) < 4.78 is 0. The van der Waals surface area contributed by atoms with Crippen molar-refractivity contribution in [2.45, 2.75) is 32.6 Å². The van der Waals surface area contributed by atoms with Gasteiger partial charge in [0, 0.05) is 6.42 Å². The molecule has 0 aromatic heterocycles. The van der Waals surface area contributed by atoms with E-state index in [9.17, 15) is 4.79 Å². The molecule has 0 aromatic carbocycles. The van der Waals surface area contributed by atoms with Gasteiger partial charge in [-0.25, -0.2) is 0 Å². The fraction of sp³-hybridized carbons (Fsp3) is 0.727. The average molecular weight is 164 g/mol. The van der Waals surface area contributed by atoms with Crippen molar-refractivity contribution in [1.29, 1.82) is 0 Å². The van der Waals surface area contributed by atoms with Gasteiger partial charge in [-0.2, -0.15) is 0 Å². The van der Waals surface area contributed by atoms with Gasteiger partial charge in [0.15, 0.2) is 0 Å². The minimum atomic E-state index is 0.157. The Bertz CT molecular complexity index is 231. The Morgan fingerprint density at radius 1 is 1.67 bits per heavy atom. The predicted octanol–water partition coefficient (Wildman–Crippen LogP) is 2.57. The Morgan fingerprint density at radius 2 is 2.42 bits per heavy atom. The third-order valence-electron chi connectivity index (χ3n) is 4.07. The van der Waals surface area contributed by atoms with Crippen LogP contribution >= 0.6 is 0 Å². The molecule has 2 rings (SSSR count). The van der Waals surface area contributed by atoms with Gasteiger partial charge >= 0.3 is 0 Å². The van der Waals surface area contributed by atoms with E-state index in [0.717, 1.165) is 18.1 Å². The van der Waals surface area contributed by atoms with E-state index in [0.29, 0.717) is 6.42 Å². The number of allylic oxidation sites excluding steroid dienone is 1. The van der Waals surface area contributed by atoms with Crippen molar-refractivity contribution < 1.29 is 4.79 Å². The van der Waals surface area contributed by atoms with Crippen LogP contribution in [0, 0.1) is 17.3 Å². The maximum absolute atomic E-state index is 10.5. The molecule has 0 saturated heterocycles. The summed E-state index contributed by atoms with van der Waals surface area (Å²) in [6.45, 7) is 6.37. The van der Waals surface area contributed by atoms with E-state index in [1.165, 1.54) is 24.8 Å². The number of carbonyl (C=O) groups is 1. The standard InChI is InChI=1S/C11H16O/c1-8-9-3-4-10(7-9)11(8,2)5-6-12/h6,9-10H,1,3-5,7H2,2H3. The Labute approximate surface area is 73.8 Å². The zero-order chi connectivity index (χ0) is 8.77. The molecule has 66 valence electrons. The zero-order valence-corrected chi connectivity index (χ0v) is 7.68. The van der Waals surface area contributed by atoms with Crippen molar-refractivity contribution in [3.8, 4) is 0 Å². The fourth-order valence-corrected chi connectivity index (χ4v) is 3.08. The van der Waals surface area contributed by atoms with Crippen LogP contribution in [0.5, 0.6) is 0 Å². The van der Waals surface area contributed by atoms with Gasteiger partial charge in [0.05, 0.1) is 0 Å². The van der Waals surface area contributed by atoms with Gasteiger partial charge in [0.2, 0.25) is 0 Å². The Hall–Kier alpha value is -0.590. The van der Waals surface area contributed by atoms with E-state index >= 15 is 0 Å². The van der Waals surface area contributed by atoms with Gasteiger partial charge in [0.1, 0.15) is 6.29 Å². The number of hydrogen-bond acceptors (Lipinski definition) is 1. The number of hydrogen-bond donors (Lipinski definition) is 0. The Balaban J connectivity index is 2.25. The van der Waals surface area contributed by atoms with Gasteiger partial charge in [-0.3, -0.25) is 0 Å². The molecule has 1 nitrogen and oxygen atoms in total. The summed E-state index contributed by atoms with van der Waals surface area (Å²) in [5.41, 5.74) is 1.51. The molecule has 3 unspecified atom stereocenters. The molecule has 1 heteroatoms. The van der Waals surface area contributed by atoms with E-state index in [1.807, 2.05) is 0 Å². The quantitative estimate of drug-likeness (QED) is 0.453. The molecule has 2 fully saturated rings. The third kappa shape index (κ3) is 0.825. The van der Waals surface area contributed by atoms with Crippen LogP contribution in [-0.2, 0) is 4.79 Å². The topological polar surface area (TPSA) is 17.1 Å². The molecule has 2 saturated carbocycles. The second-order valence-corrected chi connectivity index (χ2v) is 4.52. The number of carbonyl (C=O) groups excluding carboxylic acids is 1. The van der Waals surface area contributed by atoms with Crippen LogP contribution in [0.1, 0.15) is 32.6 Å². The minimum absolute atomic E-state index is 0.157. The SMILES string of the molecule is C=C1C2CCC(C2)C1(C)CC=O. The van der Waals surface area contributed by atoms with E-state index in [-0.39, 0.29) is 5.41 Å². The summed E-state index contributed by atoms with van der Waals surface area (Å²) in [4.78, 5) is 10.5. The average Bonchev–Trinajstić information content (AvgIpc) is 2.57. The molecule has 0 radical (unpaired) electrons. The molecule has 0 heterocycles. The summed E-state index contributed by atoms with van der Waals surface area (Å²) in [6.07, 6.45) is 5.67. The van der Waals surface area contributed by atoms with Crippen molar-refractivity contribution in [3.05, 3.63) is 12.2 Å². The van der Waals surface area contributed by atoms with Gasteiger partial charge in [-0.1, -0.05) is 19.1 Å². The van der Waals surface area contributed by atoms with Gasteiger partial charge < -0.3 is 4.79 Å². The first kappa shape index (κ1) is 8.03. The highest BCUT2D eigenvalue weighted by molar-refractivity contribution is 5.53. The molecule has 0 aromatic rings. The molecular weight excluding hydrogens is 148 g/mol. The van der Waals surface area contributed by atoms with Crippen LogP contribution in [-0.4, -0.2) is 6.29 Å². The van der Waals surface area contributed by atoms with E-state index in [4.69, 9.17) is 0 Å². The van der Waals surface area contributed by atoms with Gasteiger partial charge in [-0.15, -0.1) is 0 Å². The minimum Gasteiger partial charge on any atom is -0.303 e. The van der Waals surface area contributed by atoms with Crippen molar-refractivity contribution in [2.75, 3.05) is 0 Å². The molecule has 3 atom stereocenters. The normalized spacial score (nSPS) is 45.2. The van der Waals surface area contributed by atoms with E-state index in [1.54, 1.807) is 0 Å². The predicted molar refractivity (Wildman–Crippen MR) is 48.8 cm³/mol. The zero-order valence-electron chi connectivity index (χ0n) is 7.68. The van der Waals surface area contributed by atoms with Gasteiger partial charge in [-0.05, 0) is 36.5 Å². The molecule has 12 heavy (non-hydrogen) atoms. The lowest BCUT2D eigenvalue weighted by atomic mass is 9.70. The first-order chi connectivity index (χ1) is 5.68. The first-order valence-corrected chi connectivity index (χ1v) is 4.81. The highest BCUT2D eigenvalue weighted by atomic mass is 16.1. The summed E-state index contributed by atoms with van der Waals surface area (Å²) in [5, 5.41) is 0. The van der Waals surface area contributed by atoms with Crippen LogP contribution in [0.25, 0.3) is 0 Å². The van der Waals surface area contributed by atoms with Crippen LogP contribution in [0.4, 0.5) is 0 Å². The number of aldehydes is 1. The van der Waals surface area contributed by atoms with Crippen molar-refractivity contribution in [2.24, 2.45) is 17.3 Å². The molecule has 0 aliphatic heterocycles. The monoisotopic (exact) mass is 164 g/mol. The van der Waals surface area contributed by atoms with Crippen LogP contribution in [0.15, 0.2) is 12.2 Å².